The Labute approximate surface area is 208 Å². The summed E-state index contributed by atoms with van der Waals surface area (Å²) in [6, 6.07) is 16.2. The highest BCUT2D eigenvalue weighted by Gasteiger charge is 2.38. The number of aliphatic hydroxyl groups excluding tert-OH is 1. The Morgan fingerprint density at radius 1 is 1.14 bits per heavy atom. The molecule has 0 saturated carbocycles. The van der Waals surface area contributed by atoms with E-state index in [0.29, 0.717) is 11.1 Å². The molecule has 35 heavy (non-hydrogen) atoms. The summed E-state index contributed by atoms with van der Waals surface area (Å²) in [7, 11) is 1.72. The van der Waals surface area contributed by atoms with Gasteiger partial charge in [-0.1, -0.05) is 62.9 Å². The molecule has 1 N–H and O–H groups in total. The molecule has 1 unspecified atom stereocenters. The van der Waals surface area contributed by atoms with E-state index < -0.39 is 0 Å². The minimum absolute atomic E-state index is 0.0491. The number of aryl methyl sites for hydroxylation is 2. The molecular formula is C31H35NO3. The van der Waals surface area contributed by atoms with Crippen LogP contribution in [0.4, 0.5) is 0 Å². The molecule has 0 spiro atoms. The number of methoxy groups -OCH3 is 1. The molecule has 4 rings (SSSR count). The molecule has 2 aromatic carbocycles. The van der Waals surface area contributed by atoms with E-state index in [9.17, 15) is 9.90 Å². The van der Waals surface area contributed by atoms with Gasteiger partial charge in [-0.2, -0.15) is 0 Å². The summed E-state index contributed by atoms with van der Waals surface area (Å²) in [6.07, 6.45) is 2.74. The minimum Gasteiger partial charge on any atom is -0.506 e. The average Bonchev–Trinajstić information content (AvgIpc) is 3.12. The van der Waals surface area contributed by atoms with Crippen LogP contribution in [0.3, 0.4) is 0 Å². The quantitative estimate of drug-likeness (QED) is 0.362. The maximum absolute atomic E-state index is 13.4. The van der Waals surface area contributed by atoms with Crippen molar-refractivity contribution in [3.8, 4) is 0 Å². The van der Waals surface area contributed by atoms with Crippen molar-refractivity contribution in [2.24, 2.45) is 0 Å². The van der Waals surface area contributed by atoms with Crippen LogP contribution in [0.5, 0.6) is 0 Å². The third-order valence-corrected chi connectivity index (χ3v) is 7.55. The first-order valence-electron chi connectivity index (χ1n) is 12.2. The van der Waals surface area contributed by atoms with Crippen molar-refractivity contribution in [1.29, 1.82) is 0 Å². The molecule has 1 aromatic heterocycles. The lowest BCUT2D eigenvalue weighted by atomic mass is 9.74. The number of ketones is 1. The van der Waals surface area contributed by atoms with Gasteiger partial charge in [0, 0.05) is 41.2 Å². The molecule has 1 atom stereocenters. The molecule has 3 aromatic rings. The first kappa shape index (κ1) is 24.7. The van der Waals surface area contributed by atoms with Crippen LogP contribution in [0.25, 0.3) is 16.5 Å². The first-order valence-corrected chi connectivity index (χ1v) is 12.2. The van der Waals surface area contributed by atoms with Gasteiger partial charge >= 0.3 is 0 Å². The van der Waals surface area contributed by atoms with Crippen LogP contribution in [-0.4, -0.2) is 28.7 Å². The summed E-state index contributed by atoms with van der Waals surface area (Å²) in [5.41, 5.74) is 6.30. The number of fused-ring (bicyclic) bond motifs is 1. The van der Waals surface area contributed by atoms with Crippen LogP contribution in [0.2, 0.25) is 0 Å². The van der Waals surface area contributed by atoms with Gasteiger partial charge in [0.05, 0.1) is 17.3 Å². The number of nitrogens with zero attached hydrogens (tertiary/aromatic N) is 1. The lowest BCUT2D eigenvalue weighted by Crippen LogP contribution is -2.25. The smallest absolute Gasteiger partial charge is 0.201 e. The van der Waals surface area contributed by atoms with E-state index in [1.54, 1.807) is 13.2 Å². The second-order valence-electron chi connectivity index (χ2n) is 10.0. The van der Waals surface area contributed by atoms with Crippen LogP contribution < -0.4 is 0 Å². The fourth-order valence-corrected chi connectivity index (χ4v) is 5.05. The predicted octanol–water partition coefficient (Wildman–Crippen LogP) is 7.00. The molecule has 4 nitrogen and oxygen atoms in total. The van der Waals surface area contributed by atoms with Gasteiger partial charge in [-0.3, -0.25) is 4.79 Å². The Kier molecular flexibility index (Phi) is 6.61. The molecule has 0 fully saturated rings. The van der Waals surface area contributed by atoms with Crippen LogP contribution in [-0.2, 0) is 21.5 Å². The highest BCUT2D eigenvalue weighted by atomic mass is 16.5. The van der Waals surface area contributed by atoms with Crippen molar-refractivity contribution in [3.05, 3.63) is 100 Å². The number of hydrogen-bond acceptors (Lipinski definition) is 3. The third kappa shape index (κ3) is 4.17. The van der Waals surface area contributed by atoms with Gasteiger partial charge in [0.1, 0.15) is 5.76 Å². The lowest BCUT2D eigenvalue weighted by molar-refractivity contribution is -0.111. The summed E-state index contributed by atoms with van der Waals surface area (Å²) < 4.78 is 7.65. The number of allylic oxidation sites excluding steroid dienone is 4. The third-order valence-electron chi connectivity index (χ3n) is 7.55. The number of benzene rings is 2. The van der Waals surface area contributed by atoms with E-state index in [1.165, 1.54) is 5.56 Å². The summed E-state index contributed by atoms with van der Waals surface area (Å²) in [5.74, 6) is -0.0894. The first-order chi connectivity index (χ1) is 16.6. The van der Waals surface area contributed by atoms with E-state index in [2.05, 4.69) is 50.1 Å². The predicted molar refractivity (Wildman–Crippen MR) is 144 cm³/mol. The molecule has 0 radical (unpaired) electrons. The number of hydrogen-bond donors (Lipinski definition) is 1. The van der Waals surface area contributed by atoms with E-state index in [4.69, 9.17) is 4.74 Å². The molecule has 0 aliphatic heterocycles. The van der Waals surface area contributed by atoms with Crippen molar-refractivity contribution in [2.75, 3.05) is 7.11 Å². The van der Waals surface area contributed by atoms with Crippen molar-refractivity contribution < 1.29 is 14.6 Å². The Morgan fingerprint density at radius 3 is 2.46 bits per heavy atom. The molecule has 0 amide bonds. The fourth-order valence-electron chi connectivity index (χ4n) is 5.05. The number of aliphatic hydroxyl groups is 1. The number of aromatic nitrogens is 1. The highest BCUT2D eigenvalue weighted by molar-refractivity contribution is 6.40. The van der Waals surface area contributed by atoms with Gasteiger partial charge in [0.15, 0.2) is 0 Å². The van der Waals surface area contributed by atoms with Crippen LogP contribution >= 0.6 is 0 Å². The van der Waals surface area contributed by atoms with Crippen molar-refractivity contribution in [3.63, 3.8) is 0 Å². The van der Waals surface area contributed by atoms with Gasteiger partial charge in [-0.25, -0.2) is 0 Å². The average molecular weight is 470 g/mol. The number of carbonyl (C=O) groups is 1. The zero-order valence-electron chi connectivity index (χ0n) is 21.6. The van der Waals surface area contributed by atoms with E-state index in [0.717, 1.165) is 46.3 Å². The van der Waals surface area contributed by atoms with Gasteiger partial charge in [0.25, 0.3) is 0 Å². The minimum atomic E-state index is -0.376. The van der Waals surface area contributed by atoms with Gasteiger partial charge in [-0.05, 0) is 56.0 Å². The topological polar surface area (TPSA) is 51.5 Å². The summed E-state index contributed by atoms with van der Waals surface area (Å²) in [4.78, 5) is 13.4. The zero-order valence-corrected chi connectivity index (χ0v) is 21.6. The van der Waals surface area contributed by atoms with E-state index >= 15 is 0 Å². The largest absolute Gasteiger partial charge is 0.506 e. The number of Topliss-reactive ketones (excluding diaryl/α,β-unsaturated/α-hetero) is 1. The Balaban J connectivity index is 1.74. The molecule has 1 aliphatic rings. The number of rotatable bonds is 8. The van der Waals surface area contributed by atoms with Crippen LogP contribution in [0.15, 0.2) is 78.1 Å². The molecule has 182 valence electrons. The van der Waals surface area contributed by atoms with Crippen LogP contribution in [0.1, 0.15) is 49.6 Å². The molecular weight excluding hydrogens is 434 g/mol. The summed E-state index contributed by atoms with van der Waals surface area (Å²) in [6.45, 7) is 15.4. The van der Waals surface area contributed by atoms with Gasteiger partial charge in [-0.15, -0.1) is 0 Å². The fraction of sp³-hybridized carbons (Fsp3) is 0.323. The normalized spacial score (nSPS) is 16.2. The Morgan fingerprint density at radius 2 is 1.80 bits per heavy atom. The highest BCUT2D eigenvalue weighted by Crippen LogP contribution is 2.43. The van der Waals surface area contributed by atoms with Gasteiger partial charge in [0.2, 0.25) is 5.78 Å². The number of carbonyl (C=O) groups excluding carboxylic acids is 1. The maximum Gasteiger partial charge on any atom is 0.201 e. The lowest BCUT2D eigenvalue weighted by Gasteiger charge is -2.30. The summed E-state index contributed by atoms with van der Waals surface area (Å²) in [5, 5.41) is 12.1. The Hall–Kier alpha value is -3.37. The molecule has 4 heteroatoms. The Bertz CT molecular complexity index is 1380. The van der Waals surface area contributed by atoms with E-state index in [1.807, 2.05) is 44.2 Å². The zero-order chi connectivity index (χ0) is 25.5. The SMILES string of the molecule is C=C(/C=C1/C(=O)C(c2c(C)n(CCC(C)OC)c3ccccc23)=C1O)C(C)(C)c1ccccc1C. The van der Waals surface area contributed by atoms with Crippen LogP contribution in [0, 0.1) is 13.8 Å². The monoisotopic (exact) mass is 469 g/mol. The number of para-hydroxylation sites is 1. The molecule has 0 saturated heterocycles. The number of ether oxygens (including phenoxy) is 1. The van der Waals surface area contributed by atoms with Crippen molar-refractivity contribution in [1.82, 2.24) is 4.57 Å². The van der Waals surface area contributed by atoms with Crippen molar-refractivity contribution >= 4 is 22.3 Å². The summed E-state index contributed by atoms with van der Waals surface area (Å²) >= 11 is 0. The second-order valence-corrected chi connectivity index (χ2v) is 10.0. The maximum atomic E-state index is 13.4. The molecule has 1 heterocycles. The standard InChI is InChI=1S/C31H35NO3/c1-19-12-8-10-14-25(19)31(5,6)20(2)18-24-29(33)28(30(24)34)27-22(4)32(17-16-21(3)35-7)26-15-11-9-13-23(26)27/h8-15,18,21,33H,2,16-17H2,1,3-7H3/b24-18+. The molecule has 0 bridgehead atoms. The van der Waals surface area contributed by atoms with Crippen molar-refractivity contribution in [2.45, 2.75) is 59.1 Å². The second kappa shape index (κ2) is 9.35. The molecule has 1 aliphatic carbocycles. The van der Waals surface area contributed by atoms with Gasteiger partial charge < -0.3 is 14.4 Å². The van der Waals surface area contributed by atoms with E-state index in [-0.39, 0.29) is 23.1 Å².